The maximum absolute atomic E-state index is 11.1. The second-order valence-corrected chi connectivity index (χ2v) is 6.80. The van der Waals surface area contributed by atoms with Crippen LogP contribution in [0.3, 0.4) is 0 Å². The fourth-order valence-electron chi connectivity index (χ4n) is 2.84. The molecule has 0 aliphatic carbocycles. The standard InChI is InChI=1S/C16H23BrN2O/c1-12(16(18)20)10-13-6-8-19(9-7-13)11-14-2-4-15(17)5-3-14/h2-5,12-13H,6-11H2,1H3,(H2,18,20). The van der Waals surface area contributed by atoms with E-state index in [1.54, 1.807) is 0 Å². The molecule has 1 fully saturated rings. The van der Waals surface area contributed by atoms with Gasteiger partial charge in [-0.1, -0.05) is 35.0 Å². The first-order chi connectivity index (χ1) is 9.54. The van der Waals surface area contributed by atoms with Crippen LogP contribution in [0.5, 0.6) is 0 Å². The van der Waals surface area contributed by atoms with E-state index in [1.165, 1.54) is 18.4 Å². The van der Waals surface area contributed by atoms with Crippen molar-refractivity contribution < 1.29 is 4.79 Å². The number of nitrogens with two attached hydrogens (primary N) is 1. The number of piperidine rings is 1. The molecule has 1 atom stereocenters. The van der Waals surface area contributed by atoms with Gasteiger partial charge in [0.25, 0.3) is 0 Å². The van der Waals surface area contributed by atoms with Crippen molar-refractivity contribution in [3.8, 4) is 0 Å². The highest BCUT2D eigenvalue weighted by atomic mass is 79.9. The number of nitrogens with zero attached hydrogens (tertiary/aromatic N) is 1. The lowest BCUT2D eigenvalue weighted by atomic mass is 9.87. The van der Waals surface area contributed by atoms with E-state index in [1.807, 2.05) is 6.92 Å². The summed E-state index contributed by atoms with van der Waals surface area (Å²) in [6, 6.07) is 8.53. The number of primary amides is 1. The zero-order valence-electron chi connectivity index (χ0n) is 12.0. The Kier molecular flexibility index (Phi) is 5.61. The molecule has 2 rings (SSSR count). The predicted molar refractivity (Wildman–Crippen MR) is 85.1 cm³/mol. The highest BCUT2D eigenvalue weighted by molar-refractivity contribution is 9.10. The fourth-order valence-corrected chi connectivity index (χ4v) is 3.11. The summed E-state index contributed by atoms with van der Waals surface area (Å²) in [5.41, 5.74) is 6.70. The van der Waals surface area contributed by atoms with Crippen molar-refractivity contribution in [2.75, 3.05) is 13.1 Å². The van der Waals surface area contributed by atoms with Crippen LogP contribution in [0.25, 0.3) is 0 Å². The van der Waals surface area contributed by atoms with Crippen LogP contribution < -0.4 is 5.73 Å². The summed E-state index contributed by atoms with van der Waals surface area (Å²) in [7, 11) is 0. The Balaban J connectivity index is 1.76. The first-order valence-electron chi connectivity index (χ1n) is 7.30. The van der Waals surface area contributed by atoms with Crippen LogP contribution in [0.4, 0.5) is 0 Å². The molecule has 1 aliphatic heterocycles. The number of benzene rings is 1. The van der Waals surface area contributed by atoms with Crippen molar-refractivity contribution in [3.63, 3.8) is 0 Å². The molecule has 1 unspecified atom stereocenters. The number of carbonyl (C=O) groups is 1. The number of likely N-dealkylation sites (tertiary alicyclic amines) is 1. The summed E-state index contributed by atoms with van der Waals surface area (Å²) in [5.74, 6) is 0.499. The molecular formula is C16H23BrN2O. The number of rotatable bonds is 5. The molecule has 3 nitrogen and oxygen atoms in total. The normalized spacial score (nSPS) is 18.9. The zero-order chi connectivity index (χ0) is 14.5. The van der Waals surface area contributed by atoms with E-state index in [9.17, 15) is 4.79 Å². The molecule has 1 heterocycles. The van der Waals surface area contributed by atoms with Crippen molar-refractivity contribution in [3.05, 3.63) is 34.3 Å². The first-order valence-corrected chi connectivity index (χ1v) is 8.10. The Labute approximate surface area is 129 Å². The van der Waals surface area contributed by atoms with Gasteiger partial charge in [-0.15, -0.1) is 0 Å². The maximum atomic E-state index is 11.1. The lowest BCUT2D eigenvalue weighted by molar-refractivity contribution is -0.121. The van der Waals surface area contributed by atoms with Gasteiger partial charge in [0.2, 0.25) is 5.91 Å². The van der Waals surface area contributed by atoms with Gasteiger partial charge in [-0.25, -0.2) is 0 Å². The molecule has 1 saturated heterocycles. The molecule has 1 aromatic carbocycles. The predicted octanol–water partition coefficient (Wildman–Crippen LogP) is 3.17. The number of hydrogen-bond acceptors (Lipinski definition) is 2. The molecule has 0 aromatic heterocycles. The van der Waals surface area contributed by atoms with Crippen LogP contribution in [0, 0.1) is 11.8 Å². The molecule has 110 valence electrons. The Morgan fingerprint density at radius 2 is 1.95 bits per heavy atom. The molecular weight excluding hydrogens is 316 g/mol. The molecule has 2 N–H and O–H groups in total. The smallest absolute Gasteiger partial charge is 0.220 e. The summed E-state index contributed by atoms with van der Waals surface area (Å²) < 4.78 is 1.13. The van der Waals surface area contributed by atoms with Crippen LogP contribution in [-0.2, 0) is 11.3 Å². The molecule has 4 heteroatoms. The summed E-state index contributed by atoms with van der Waals surface area (Å²) in [4.78, 5) is 13.6. The lowest BCUT2D eigenvalue weighted by Crippen LogP contribution is -2.34. The van der Waals surface area contributed by atoms with Gasteiger partial charge in [0.15, 0.2) is 0 Å². The Morgan fingerprint density at radius 1 is 1.35 bits per heavy atom. The molecule has 1 aliphatic rings. The molecule has 0 saturated carbocycles. The van der Waals surface area contributed by atoms with Crippen molar-refractivity contribution in [2.24, 2.45) is 17.6 Å². The molecule has 0 bridgehead atoms. The molecule has 1 amide bonds. The van der Waals surface area contributed by atoms with E-state index in [2.05, 4.69) is 45.1 Å². The quantitative estimate of drug-likeness (QED) is 0.896. The molecule has 0 spiro atoms. The molecule has 20 heavy (non-hydrogen) atoms. The fraction of sp³-hybridized carbons (Fsp3) is 0.562. The van der Waals surface area contributed by atoms with Gasteiger partial charge in [-0.3, -0.25) is 9.69 Å². The van der Waals surface area contributed by atoms with Crippen LogP contribution in [0.1, 0.15) is 31.7 Å². The SMILES string of the molecule is CC(CC1CCN(Cc2ccc(Br)cc2)CC1)C(N)=O. The highest BCUT2D eigenvalue weighted by Gasteiger charge is 2.22. The first kappa shape index (κ1) is 15.5. The minimum absolute atomic E-state index is 0.0121. The lowest BCUT2D eigenvalue weighted by Gasteiger charge is -2.32. The van der Waals surface area contributed by atoms with Crippen molar-refractivity contribution in [1.82, 2.24) is 4.90 Å². The third-order valence-electron chi connectivity index (χ3n) is 4.20. The summed E-state index contributed by atoms with van der Waals surface area (Å²) >= 11 is 3.46. The van der Waals surface area contributed by atoms with Gasteiger partial charge in [-0.2, -0.15) is 0 Å². The zero-order valence-corrected chi connectivity index (χ0v) is 13.6. The number of hydrogen-bond donors (Lipinski definition) is 1. The number of carbonyl (C=O) groups excluding carboxylic acids is 1. The van der Waals surface area contributed by atoms with Crippen LogP contribution >= 0.6 is 15.9 Å². The van der Waals surface area contributed by atoms with E-state index in [0.29, 0.717) is 5.92 Å². The topological polar surface area (TPSA) is 46.3 Å². The van der Waals surface area contributed by atoms with Gasteiger partial charge in [0.1, 0.15) is 0 Å². The average molecular weight is 339 g/mol. The second kappa shape index (κ2) is 7.23. The van der Waals surface area contributed by atoms with Crippen molar-refractivity contribution >= 4 is 21.8 Å². The summed E-state index contributed by atoms with van der Waals surface area (Å²) in [6.45, 7) is 5.19. The van der Waals surface area contributed by atoms with E-state index in [-0.39, 0.29) is 11.8 Å². The van der Waals surface area contributed by atoms with Gasteiger partial charge >= 0.3 is 0 Å². The highest BCUT2D eigenvalue weighted by Crippen LogP contribution is 2.25. The number of amides is 1. The van der Waals surface area contributed by atoms with Crippen molar-refractivity contribution in [1.29, 1.82) is 0 Å². The average Bonchev–Trinajstić information content (AvgIpc) is 2.43. The van der Waals surface area contributed by atoms with Crippen LogP contribution in [0.2, 0.25) is 0 Å². The third-order valence-corrected chi connectivity index (χ3v) is 4.73. The van der Waals surface area contributed by atoms with E-state index in [0.717, 1.165) is 30.5 Å². The van der Waals surface area contributed by atoms with E-state index < -0.39 is 0 Å². The Morgan fingerprint density at radius 3 is 2.50 bits per heavy atom. The summed E-state index contributed by atoms with van der Waals surface area (Å²) in [6.07, 6.45) is 3.30. The van der Waals surface area contributed by atoms with Crippen LogP contribution in [0.15, 0.2) is 28.7 Å². The van der Waals surface area contributed by atoms with Gasteiger partial charge < -0.3 is 5.73 Å². The Hall–Kier alpha value is -0.870. The van der Waals surface area contributed by atoms with Crippen molar-refractivity contribution in [2.45, 2.75) is 32.7 Å². The van der Waals surface area contributed by atoms with E-state index in [4.69, 9.17) is 5.73 Å². The second-order valence-electron chi connectivity index (χ2n) is 5.89. The molecule has 0 radical (unpaired) electrons. The minimum atomic E-state index is -0.165. The third kappa shape index (κ3) is 4.60. The van der Waals surface area contributed by atoms with Gasteiger partial charge in [-0.05, 0) is 56.0 Å². The largest absolute Gasteiger partial charge is 0.369 e. The van der Waals surface area contributed by atoms with Crippen LogP contribution in [-0.4, -0.2) is 23.9 Å². The van der Waals surface area contributed by atoms with Gasteiger partial charge in [0.05, 0.1) is 0 Å². The number of halogens is 1. The van der Waals surface area contributed by atoms with E-state index >= 15 is 0 Å². The Bertz CT molecular complexity index is 438. The minimum Gasteiger partial charge on any atom is -0.369 e. The monoisotopic (exact) mass is 338 g/mol. The molecule has 1 aromatic rings. The maximum Gasteiger partial charge on any atom is 0.220 e. The van der Waals surface area contributed by atoms with Gasteiger partial charge in [0, 0.05) is 16.9 Å². The summed E-state index contributed by atoms with van der Waals surface area (Å²) in [5, 5.41) is 0.